The molecule has 0 bridgehead atoms. The van der Waals surface area contributed by atoms with Gasteiger partial charge in [-0.2, -0.15) is 0 Å². The molecule has 1 aliphatic rings. The monoisotopic (exact) mass is 291 g/mol. The summed E-state index contributed by atoms with van der Waals surface area (Å²) >= 11 is 0. The number of hydrogen-bond acceptors (Lipinski definition) is 5. The molecule has 1 atom stereocenters. The molecule has 0 spiro atoms. The van der Waals surface area contributed by atoms with Crippen molar-refractivity contribution in [1.29, 1.82) is 0 Å². The normalized spacial score (nSPS) is 16.9. The first-order valence-corrected chi connectivity index (χ1v) is 7.23. The number of carbonyl (C=O) groups excluding carboxylic acids is 2. The highest BCUT2D eigenvalue weighted by Crippen LogP contribution is 2.34. The molecule has 21 heavy (non-hydrogen) atoms. The number of rotatable bonds is 5. The van der Waals surface area contributed by atoms with E-state index in [-0.39, 0.29) is 24.4 Å². The van der Waals surface area contributed by atoms with Gasteiger partial charge in [-0.3, -0.25) is 9.59 Å². The SMILES string of the molecule is CCCOC(=O)CN1CC(C)Oc2ccc(C(C)=O)cc21. The van der Waals surface area contributed by atoms with Crippen molar-refractivity contribution >= 4 is 17.4 Å². The Balaban J connectivity index is 2.21. The number of Topliss-reactive ketones (excluding diaryl/α,β-unsaturated/α-hetero) is 1. The predicted octanol–water partition coefficient (Wildman–Crippen LogP) is 2.43. The van der Waals surface area contributed by atoms with E-state index in [0.717, 1.165) is 12.1 Å². The summed E-state index contributed by atoms with van der Waals surface area (Å²) < 4.78 is 10.9. The van der Waals surface area contributed by atoms with Crippen molar-refractivity contribution < 1.29 is 19.1 Å². The van der Waals surface area contributed by atoms with E-state index in [0.29, 0.717) is 24.5 Å². The lowest BCUT2D eigenvalue weighted by Gasteiger charge is -2.34. The topological polar surface area (TPSA) is 55.8 Å². The molecule has 0 saturated carbocycles. The zero-order valence-corrected chi connectivity index (χ0v) is 12.7. The summed E-state index contributed by atoms with van der Waals surface area (Å²) in [6.07, 6.45) is 0.788. The number of anilines is 1. The highest BCUT2D eigenvalue weighted by molar-refractivity contribution is 5.95. The van der Waals surface area contributed by atoms with Gasteiger partial charge in [0.05, 0.1) is 18.8 Å². The second kappa shape index (κ2) is 6.61. The number of carbonyl (C=O) groups is 2. The van der Waals surface area contributed by atoms with Gasteiger partial charge >= 0.3 is 5.97 Å². The Hall–Kier alpha value is -2.04. The molecule has 1 aromatic carbocycles. The van der Waals surface area contributed by atoms with E-state index in [1.54, 1.807) is 18.2 Å². The lowest BCUT2D eigenvalue weighted by atomic mass is 10.1. The van der Waals surface area contributed by atoms with Gasteiger partial charge in [-0.15, -0.1) is 0 Å². The Kier molecular flexibility index (Phi) is 4.83. The fourth-order valence-electron chi connectivity index (χ4n) is 2.31. The maximum atomic E-state index is 11.8. The number of ether oxygens (including phenoxy) is 2. The van der Waals surface area contributed by atoms with Gasteiger partial charge in [-0.05, 0) is 38.5 Å². The van der Waals surface area contributed by atoms with Crippen molar-refractivity contribution in [1.82, 2.24) is 0 Å². The third kappa shape index (κ3) is 3.74. The summed E-state index contributed by atoms with van der Waals surface area (Å²) in [4.78, 5) is 25.3. The van der Waals surface area contributed by atoms with Gasteiger partial charge in [0, 0.05) is 5.56 Å². The molecule has 1 aromatic rings. The highest BCUT2D eigenvalue weighted by atomic mass is 16.5. The van der Waals surface area contributed by atoms with Crippen molar-refractivity contribution in [2.75, 3.05) is 24.6 Å². The van der Waals surface area contributed by atoms with E-state index >= 15 is 0 Å². The summed E-state index contributed by atoms with van der Waals surface area (Å²) in [7, 11) is 0. The average molecular weight is 291 g/mol. The van der Waals surface area contributed by atoms with Crippen LogP contribution in [0.25, 0.3) is 0 Å². The predicted molar refractivity (Wildman–Crippen MR) is 80.0 cm³/mol. The highest BCUT2D eigenvalue weighted by Gasteiger charge is 2.25. The molecule has 0 N–H and O–H groups in total. The van der Waals surface area contributed by atoms with E-state index < -0.39 is 0 Å². The molecule has 0 saturated heterocycles. The van der Waals surface area contributed by atoms with Crippen molar-refractivity contribution in [2.45, 2.75) is 33.3 Å². The number of nitrogens with zero attached hydrogens (tertiary/aromatic N) is 1. The largest absolute Gasteiger partial charge is 0.487 e. The van der Waals surface area contributed by atoms with E-state index in [1.807, 2.05) is 18.7 Å². The fraction of sp³-hybridized carbons (Fsp3) is 0.500. The second-order valence-corrected chi connectivity index (χ2v) is 5.27. The van der Waals surface area contributed by atoms with Crippen LogP contribution in [0.15, 0.2) is 18.2 Å². The molecular formula is C16H21NO4. The lowest BCUT2D eigenvalue weighted by Crippen LogP contribution is -2.41. The van der Waals surface area contributed by atoms with Gasteiger partial charge in [0.15, 0.2) is 5.78 Å². The van der Waals surface area contributed by atoms with Gasteiger partial charge in [-0.1, -0.05) is 6.92 Å². The van der Waals surface area contributed by atoms with Crippen LogP contribution in [0, 0.1) is 0 Å². The molecule has 1 aliphatic heterocycles. The van der Waals surface area contributed by atoms with Crippen LogP contribution in [0.5, 0.6) is 5.75 Å². The minimum absolute atomic E-state index is 0.00932. The van der Waals surface area contributed by atoms with Crippen LogP contribution in [0.2, 0.25) is 0 Å². The first kappa shape index (κ1) is 15.4. The van der Waals surface area contributed by atoms with E-state index in [1.165, 1.54) is 6.92 Å². The molecule has 0 aliphatic carbocycles. The summed E-state index contributed by atoms with van der Waals surface area (Å²) in [5.74, 6) is 0.428. The smallest absolute Gasteiger partial charge is 0.325 e. The van der Waals surface area contributed by atoms with Gasteiger partial charge in [-0.25, -0.2) is 0 Å². The molecule has 0 aromatic heterocycles. The number of esters is 1. The van der Waals surface area contributed by atoms with Crippen molar-refractivity contribution in [2.24, 2.45) is 0 Å². The Bertz CT molecular complexity index is 541. The second-order valence-electron chi connectivity index (χ2n) is 5.27. The standard InChI is InChI=1S/C16H21NO4/c1-4-7-20-16(19)10-17-9-11(2)21-15-6-5-13(12(3)18)8-14(15)17/h5-6,8,11H,4,7,9-10H2,1-3H3. The maximum absolute atomic E-state index is 11.8. The lowest BCUT2D eigenvalue weighted by molar-refractivity contribution is -0.142. The number of fused-ring (bicyclic) bond motifs is 1. The van der Waals surface area contributed by atoms with Crippen molar-refractivity contribution in [3.63, 3.8) is 0 Å². The summed E-state index contributed by atoms with van der Waals surface area (Å²) in [5.41, 5.74) is 1.38. The Morgan fingerprint density at radius 1 is 1.43 bits per heavy atom. The van der Waals surface area contributed by atoms with Gasteiger partial charge in [0.25, 0.3) is 0 Å². The summed E-state index contributed by atoms with van der Waals surface area (Å²) in [6, 6.07) is 5.30. The minimum Gasteiger partial charge on any atom is -0.487 e. The molecule has 1 unspecified atom stereocenters. The first-order valence-electron chi connectivity index (χ1n) is 7.23. The van der Waals surface area contributed by atoms with Gasteiger partial charge in [0.2, 0.25) is 0 Å². The van der Waals surface area contributed by atoms with Crippen LogP contribution in [0.4, 0.5) is 5.69 Å². The van der Waals surface area contributed by atoms with Crippen LogP contribution < -0.4 is 9.64 Å². The van der Waals surface area contributed by atoms with Gasteiger partial charge in [0.1, 0.15) is 18.4 Å². The third-order valence-corrected chi connectivity index (χ3v) is 3.30. The Morgan fingerprint density at radius 2 is 2.19 bits per heavy atom. The zero-order valence-electron chi connectivity index (χ0n) is 12.7. The summed E-state index contributed by atoms with van der Waals surface area (Å²) in [5, 5.41) is 0. The summed E-state index contributed by atoms with van der Waals surface area (Å²) in [6.45, 7) is 6.62. The van der Waals surface area contributed by atoms with Crippen LogP contribution in [-0.2, 0) is 9.53 Å². The van der Waals surface area contributed by atoms with E-state index in [4.69, 9.17) is 9.47 Å². The first-order chi connectivity index (χ1) is 10.0. The van der Waals surface area contributed by atoms with Crippen LogP contribution in [0.1, 0.15) is 37.6 Å². The Labute approximate surface area is 124 Å². The Morgan fingerprint density at radius 3 is 2.86 bits per heavy atom. The van der Waals surface area contributed by atoms with Crippen molar-refractivity contribution in [3.8, 4) is 5.75 Å². The molecule has 0 radical (unpaired) electrons. The van der Waals surface area contributed by atoms with Crippen LogP contribution in [-0.4, -0.2) is 37.6 Å². The molecule has 0 fully saturated rings. The third-order valence-electron chi connectivity index (χ3n) is 3.30. The van der Waals surface area contributed by atoms with Crippen LogP contribution in [0.3, 0.4) is 0 Å². The molecule has 0 amide bonds. The molecule has 5 heteroatoms. The number of benzene rings is 1. The maximum Gasteiger partial charge on any atom is 0.325 e. The van der Waals surface area contributed by atoms with Crippen LogP contribution >= 0.6 is 0 Å². The minimum atomic E-state index is -0.259. The fourth-order valence-corrected chi connectivity index (χ4v) is 2.31. The molecule has 2 rings (SSSR count). The van der Waals surface area contributed by atoms with E-state index in [9.17, 15) is 9.59 Å². The number of ketones is 1. The zero-order chi connectivity index (χ0) is 15.4. The number of hydrogen-bond donors (Lipinski definition) is 0. The molecular weight excluding hydrogens is 270 g/mol. The molecule has 5 nitrogen and oxygen atoms in total. The average Bonchev–Trinajstić information content (AvgIpc) is 2.44. The molecule has 114 valence electrons. The van der Waals surface area contributed by atoms with E-state index in [2.05, 4.69) is 0 Å². The van der Waals surface area contributed by atoms with Crippen molar-refractivity contribution in [3.05, 3.63) is 23.8 Å². The quantitative estimate of drug-likeness (QED) is 0.616. The molecule has 1 heterocycles. The van der Waals surface area contributed by atoms with Gasteiger partial charge < -0.3 is 14.4 Å².